The van der Waals surface area contributed by atoms with E-state index in [4.69, 9.17) is 10.5 Å². The predicted octanol–water partition coefficient (Wildman–Crippen LogP) is 1.69. The quantitative estimate of drug-likeness (QED) is 0.435. The number of carbonyl (C=O) groups is 3. The van der Waals surface area contributed by atoms with Crippen LogP contribution in [0.4, 0.5) is 17.2 Å². The molecule has 2 aromatic carbocycles. The van der Waals surface area contributed by atoms with Gasteiger partial charge in [-0.15, -0.1) is 0 Å². The van der Waals surface area contributed by atoms with Gasteiger partial charge in [0.1, 0.15) is 5.82 Å². The number of likely N-dealkylation sites (N-methyl/N-ethyl adjacent to an activating group) is 1. The Balaban J connectivity index is 1.37. The van der Waals surface area contributed by atoms with E-state index in [-0.39, 0.29) is 43.3 Å². The number of ether oxygens (including phenoxy) is 1. The molecule has 1 saturated heterocycles. The summed E-state index contributed by atoms with van der Waals surface area (Å²) in [4.78, 5) is 68.6. The van der Waals surface area contributed by atoms with Gasteiger partial charge in [0.25, 0.3) is 11.5 Å². The molecule has 0 radical (unpaired) electrons. The third-order valence-electron chi connectivity index (χ3n) is 6.60. The second-order valence-electron chi connectivity index (χ2n) is 8.86. The molecular formula is C26H25N5O6S. The molecule has 2 aliphatic heterocycles. The molecule has 0 spiro atoms. The van der Waals surface area contributed by atoms with Gasteiger partial charge in [-0.2, -0.15) is 0 Å². The predicted molar refractivity (Wildman–Crippen MR) is 142 cm³/mol. The van der Waals surface area contributed by atoms with E-state index in [9.17, 15) is 24.0 Å². The number of aromatic nitrogens is 2. The highest BCUT2D eigenvalue weighted by Crippen LogP contribution is 2.56. The molecule has 0 saturated carbocycles. The van der Waals surface area contributed by atoms with Crippen LogP contribution in [0.2, 0.25) is 0 Å². The first kappa shape index (κ1) is 25.3. The summed E-state index contributed by atoms with van der Waals surface area (Å²) in [5, 5.41) is 0. The lowest BCUT2D eigenvalue weighted by molar-refractivity contribution is -0.150. The number of anilines is 3. The summed E-state index contributed by atoms with van der Waals surface area (Å²) in [5.41, 5.74) is 5.89. The number of rotatable bonds is 7. The average molecular weight is 536 g/mol. The van der Waals surface area contributed by atoms with Crippen LogP contribution in [0.5, 0.6) is 0 Å². The third kappa shape index (κ3) is 4.16. The van der Waals surface area contributed by atoms with E-state index in [0.29, 0.717) is 5.69 Å². The number of benzene rings is 2. The van der Waals surface area contributed by atoms with Gasteiger partial charge in [0.15, 0.2) is 17.2 Å². The lowest BCUT2D eigenvalue weighted by atomic mass is 10.2. The summed E-state index contributed by atoms with van der Waals surface area (Å²) in [5.74, 6) is -1.79. The Morgan fingerprint density at radius 2 is 1.82 bits per heavy atom. The highest BCUT2D eigenvalue weighted by Gasteiger charge is 2.58. The number of H-pyrrole nitrogens is 1. The van der Waals surface area contributed by atoms with Crippen molar-refractivity contribution in [2.24, 2.45) is 0 Å². The summed E-state index contributed by atoms with van der Waals surface area (Å²) in [6.45, 7) is 1.07. The lowest BCUT2D eigenvalue weighted by Crippen LogP contribution is -2.49. The Hall–Kier alpha value is -4.32. The Bertz CT molecular complexity index is 1550. The Kier molecular flexibility index (Phi) is 6.57. The number of carbonyl (C=O) groups excluding carboxylic acids is 3. The van der Waals surface area contributed by atoms with Crippen molar-refractivity contribution in [1.29, 1.82) is 0 Å². The van der Waals surface area contributed by atoms with Crippen LogP contribution in [0.25, 0.3) is 0 Å². The summed E-state index contributed by atoms with van der Waals surface area (Å²) in [7, 11) is 0. The number of nitrogen functional groups attached to an aromatic ring is 1. The summed E-state index contributed by atoms with van der Waals surface area (Å²) in [6.07, 6.45) is 0.424. The van der Waals surface area contributed by atoms with Crippen LogP contribution in [0.15, 0.2) is 69.1 Å². The first-order valence-corrected chi connectivity index (χ1v) is 12.8. The molecular weight excluding hydrogens is 510 g/mol. The lowest BCUT2D eigenvalue weighted by Gasteiger charge is -2.29. The Morgan fingerprint density at radius 3 is 2.55 bits per heavy atom. The fourth-order valence-electron chi connectivity index (χ4n) is 4.81. The van der Waals surface area contributed by atoms with Gasteiger partial charge in [-0.25, -0.2) is 9.59 Å². The molecule has 11 nitrogen and oxygen atoms in total. The van der Waals surface area contributed by atoms with Gasteiger partial charge in [0.05, 0.1) is 12.2 Å². The van der Waals surface area contributed by atoms with Gasteiger partial charge in [-0.1, -0.05) is 54.2 Å². The number of nitrogens with two attached hydrogens (primary N) is 1. The monoisotopic (exact) mass is 535 g/mol. The van der Waals surface area contributed by atoms with Crippen molar-refractivity contribution in [3.8, 4) is 0 Å². The molecule has 0 unspecified atom stereocenters. The second-order valence-corrected chi connectivity index (χ2v) is 10.2. The molecule has 3 aromatic rings. The zero-order chi connectivity index (χ0) is 27.0. The molecule has 196 valence electrons. The number of nitrogens with zero attached hydrogens (tertiary/aromatic N) is 3. The van der Waals surface area contributed by atoms with Crippen LogP contribution in [-0.4, -0.2) is 45.4 Å². The third-order valence-corrected chi connectivity index (χ3v) is 8.06. The van der Waals surface area contributed by atoms with E-state index >= 15 is 0 Å². The summed E-state index contributed by atoms with van der Waals surface area (Å²) < 4.78 is 6.61. The zero-order valence-corrected chi connectivity index (χ0v) is 21.3. The van der Waals surface area contributed by atoms with Gasteiger partial charge >= 0.3 is 11.7 Å². The van der Waals surface area contributed by atoms with E-state index in [0.717, 1.165) is 15.4 Å². The van der Waals surface area contributed by atoms with Crippen LogP contribution in [0, 0.1) is 0 Å². The van der Waals surface area contributed by atoms with Crippen LogP contribution >= 0.6 is 11.8 Å². The van der Waals surface area contributed by atoms with E-state index in [2.05, 4.69) is 4.98 Å². The highest BCUT2D eigenvalue weighted by atomic mass is 32.2. The number of fused-ring (bicyclic) bond motifs is 3. The minimum Gasteiger partial charge on any atom is -0.453 e. The molecule has 1 aromatic heterocycles. The molecule has 0 aliphatic carbocycles. The number of hydrogen-bond donors (Lipinski definition) is 2. The van der Waals surface area contributed by atoms with Crippen molar-refractivity contribution < 1.29 is 19.1 Å². The minimum absolute atomic E-state index is 0.0309. The van der Waals surface area contributed by atoms with Crippen LogP contribution in [0.3, 0.4) is 0 Å². The molecule has 2 aliphatic rings. The number of para-hydroxylation sites is 1. The van der Waals surface area contributed by atoms with Crippen molar-refractivity contribution in [3.63, 3.8) is 0 Å². The normalized spacial score (nSPS) is 17.7. The van der Waals surface area contributed by atoms with E-state index in [1.165, 1.54) is 21.2 Å². The zero-order valence-electron chi connectivity index (χ0n) is 20.5. The van der Waals surface area contributed by atoms with Gasteiger partial charge in [-0.05, 0) is 24.6 Å². The van der Waals surface area contributed by atoms with E-state index in [1.807, 2.05) is 18.2 Å². The molecule has 3 heterocycles. The maximum absolute atomic E-state index is 13.3. The number of nitrogens with one attached hydrogen (secondary N) is 1. The number of thioether (sulfide) groups is 1. The molecule has 0 bridgehead atoms. The van der Waals surface area contributed by atoms with Crippen LogP contribution in [-0.2, 0) is 25.7 Å². The maximum Gasteiger partial charge on any atom is 0.344 e. The van der Waals surface area contributed by atoms with Crippen molar-refractivity contribution in [2.75, 3.05) is 28.7 Å². The van der Waals surface area contributed by atoms with E-state index in [1.54, 1.807) is 43.3 Å². The van der Waals surface area contributed by atoms with Crippen LogP contribution in [0.1, 0.15) is 25.3 Å². The maximum atomic E-state index is 13.3. The molecule has 1 atom stereocenters. The molecule has 12 heteroatoms. The average Bonchev–Trinajstić information content (AvgIpc) is 3.43. The fraction of sp³-hybridized carbons (Fsp3) is 0.269. The molecule has 5 rings (SSSR count). The van der Waals surface area contributed by atoms with Crippen molar-refractivity contribution >= 4 is 46.7 Å². The number of hydrogen-bond acceptors (Lipinski definition) is 8. The van der Waals surface area contributed by atoms with Gasteiger partial charge < -0.3 is 15.4 Å². The number of esters is 1. The second kappa shape index (κ2) is 9.86. The molecule has 1 fully saturated rings. The van der Waals surface area contributed by atoms with Crippen molar-refractivity contribution in [2.45, 2.75) is 36.1 Å². The van der Waals surface area contributed by atoms with Crippen molar-refractivity contribution in [1.82, 2.24) is 9.55 Å². The number of amides is 2. The van der Waals surface area contributed by atoms with Gasteiger partial charge in [0.2, 0.25) is 5.91 Å². The standard InChI is InChI=1S/C26H25N5O6S/c1-2-29(21-22(27)30(25(36)28-23(21)34)14-16-8-4-3-5-9-16)20(33)15-37-24(35)26-13-12-19(32)31(26)17-10-6-7-11-18(17)38-26/h3-11H,2,12-15,27H2,1H3,(H,28,34,36)/t26-/m0/s1. The summed E-state index contributed by atoms with van der Waals surface area (Å²) >= 11 is 1.23. The minimum atomic E-state index is -1.28. The smallest absolute Gasteiger partial charge is 0.344 e. The highest BCUT2D eigenvalue weighted by molar-refractivity contribution is 8.02. The summed E-state index contributed by atoms with van der Waals surface area (Å²) in [6, 6.07) is 16.2. The first-order chi connectivity index (χ1) is 18.3. The Labute approximate surface area is 221 Å². The van der Waals surface area contributed by atoms with Crippen LogP contribution < -0.4 is 26.8 Å². The van der Waals surface area contributed by atoms with E-state index < -0.39 is 34.6 Å². The topological polar surface area (TPSA) is 148 Å². The van der Waals surface area contributed by atoms with Crippen molar-refractivity contribution in [3.05, 3.63) is 81.0 Å². The first-order valence-electron chi connectivity index (χ1n) is 12.0. The Morgan fingerprint density at radius 1 is 1.11 bits per heavy atom. The van der Waals surface area contributed by atoms with Gasteiger partial charge in [-0.3, -0.25) is 28.8 Å². The SMILES string of the molecule is CCN(C(=O)COC(=O)[C@@]12CCC(=O)N1c1ccccc1S2)c1c(N)n(Cc2ccccc2)c(=O)[nH]c1=O. The molecule has 2 amide bonds. The molecule has 3 N–H and O–H groups in total. The molecule has 38 heavy (non-hydrogen) atoms. The number of aromatic amines is 1. The largest absolute Gasteiger partial charge is 0.453 e. The van der Waals surface area contributed by atoms with Gasteiger partial charge in [0, 0.05) is 24.3 Å². The fourth-order valence-corrected chi connectivity index (χ4v) is 6.22.